The third-order valence-electron chi connectivity index (χ3n) is 4.09. The smallest absolute Gasteiger partial charge is 0.0547 e. The molecule has 0 spiro atoms. The van der Waals surface area contributed by atoms with Gasteiger partial charge in [0.05, 0.1) is 11.4 Å². The van der Waals surface area contributed by atoms with E-state index in [1.165, 1.54) is 18.5 Å². The number of aromatic nitrogens is 1. The molecule has 1 unspecified atom stereocenters. The topological polar surface area (TPSA) is 28.2 Å². The van der Waals surface area contributed by atoms with Gasteiger partial charge in [-0.15, -0.1) is 0 Å². The molecule has 1 N–H and O–H groups in total. The summed E-state index contributed by atoms with van der Waals surface area (Å²) in [6.07, 6.45) is 2.66. The van der Waals surface area contributed by atoms with Gasteiger partial charge in [0.2, 0.25) is 0 Å². The Hall–Kier alpha value is -0.930. The van der Waals surface area contributed by atoms with E-state index in [0.717, 1.165) is 24.8 Å². The maximum absolute atomic E-state index is 4.75. The summed E-state index contributed by atoms with van der Waals surface area (Å²) < 4.78 is 0. The first-order valence-corrected chi connectivity index (χ1v) is 7.44. The number of hydrogen-bond acceptors (Lipinski definition) is 3. The molecule has 1 aliphatic carbocycles. The summed E-state index contributed by atoms with van der Waals surface area (Å²) in [5.74, 6) is 0.671. The first-order chi connectivity index (χ1) is 9.06. The van der Waals surface area contributed by atoms with Crippen LogP contribution in [0.25, 0.3) is 0 Å². The van der Waals surface area contributed by atoms with Gasteiger partial charge in [0, 0.05) is 25.2 Å². The quantitative estimate of drug-likeness (QED) is 0.818. The molecular weight excluding hydrogens is 234 g/mol. The van der Waals surface area contributed by atoms with E-state index in [0.29, 0.717) is 12.0 Å². The van der Waals surface area contributed by atoms with Gasteiger partial charge in [-0.25, -0.2) is 0 Å². The Morgan fingerprint density at radius 1 is 1.26 bits per heavy atom. The monoisotopic (exact) mass is 261 g/mol. The number of hydrogen-bond donors (Lipinski definition) is 1. The van der Waals surface area contributed by atoms with Crippen LogP contribution in [0.2, 0.25) is 0 Å². The lowest BCUT2D eigenvalue weighted by Gasteiger charge is -2.27. The Labute approximate surface area is 117 Å². The van der Waals surface area contributed by atoms with Crippen LogP contribution in [0.4, 0.5) is 0 Å². The van der Waals surface area contributed by atoms with Crippen LogP contribution >= 0.6 is 0 Å². The Kier molecular flexibility index (Phi) is 4.94. The van der Waals surface area contributed by atoms with Crippen LogP contribution in [0.15, 0.2) is 18.2 Å². The Bertz CT molecular complexity index is 399. The molecule has 3 nitrogen and oxygen atoms in total. The number of nitrogens with zero attached hydrogens (tertiary/aromatic N) is 2. The normalized spacial score (nSPS) is 17.2. The fourth-order valence-corrected chi connectivity index (χ4v) is 2.16. The summed E-state index contributed by atoms with van der Waals surface area (Å²) in [6, 6.07) is 7.69. The average molecular weight is 261 g/mol. The number of pyridine rings is 1. The molecule has 0 radical (unpaired) electrons. The van der Waals surface area contributed by atoms with Gasteiger partial charge < -0.3 is 5.32 Å². The van der Waals surface area contributed by atoms with Crippen LogP contribution in [0, 0.1) is 5.92 Å². The average Bonchev–Trinajstić information content (AvgIpc) is 3.19. The van der Waals surface area contributed by atoms with Crippen LogP contribution < -0.4 is 5.32 Å². The predicted octanol–water partition coefficient (Wildman–Crippen LogP) is 2.81. The van der Waals surface area contributed by atoms with Crippen LogP contribution in [0.1, 0.15) is 45.0 Å². The minimum Gasteiger partial charge on any atom is -0.308 e. The molecule has 1 aliphatic rings. The maximum atomic E-state index is 4.75. The second-order valence-corrected chi connectivity index (χ2v) is 6.18. The summed E-state index contributed by atoms with van der Waals surface area (Å²) in [7, 11) is 2.18. The molecule has 1 saturated carbocycles. The lowest BCUT2D eigenvalue weighted by Crippen LogP contribution is -2.33. The van der Waals surface area contributed by atoms with Gasteiger partial charge in [-0.2, -0.15) is 0 Å². The molecule has 106 valence electrons. The Balaban J connectivity index is 1.89. The van der Waals surface area contributed by atoms with Crippen LogP contribution in [-0.2, 0) is 13.1 Å². The van der Waals surface area contributed by atoms with Crippen LogP contribution in [-0.4, -0.2) is 29.0 Å². The molecule has 0 aliphatic heterocycles. The zero-order chi connectivity index (χ0) is 13.8. The van der Waals surface area contributed by atoms with E-state index in [9.17, 15) is 0 Å². The zero-order valence-electron chi connectivity index (χ0n) is 12.7. The third-order valence-corrected chi connectivity index (χ3v) is 4.09. The van der Waals surface area contributed by atoms with Crippen LogP contribution in [0.3, 0.4) is 0 Å². The van der Waals surface area contributed by atoms with E-state index in [1.54, 1.807) is 0 Å². The van der Waals surface area contributed by atoms with Gasteiger partial charge in [0.25, 0.3) is 0 Å². The van der Waals surface area contributed by atoms with Crippen molar-refractivity contribution in [2.24, 2.45) is 5.92 Å². The molecule has 19 heavy (non-hydrogen) atoms. The molecule has 0 amide bonds. The number of nitrogens with one attached hydrogen (secondary N) is 1. The molecule has 1 atom stereocenters. The summed E-state index contributed by atoms with van der Waals surface area (Å²) >= 11 is 0. The van der Waals surface area contributed by atoms with E-state index in [2.05, 4.69) is 56.2 Å². The highest BCUT2D eigenvalue weighted by atomic mass is 15.1. The summed E-state index contributed by atoms with van der Waals surface area (Å²) in [5.41, 5.74) is 2.33. The van der Waals surface area contributed by atoms with Crippen molar-refractivity contribution in [1.29, 1.82) is 0 Å². The summed E-state index contributed by atoms with van der Waals surface area (Å²) in [6.45, 7) is 8.65. The first-order valence-electron chi connectivity index (χ1n) is 7.44. The van der Waals surface area contributed by atoms with E-state index in [4.69, 9.17) is 4.98 Å². The van der Waals surface area contributed by atoms with Crippen molar-refractivity contribution in [3.05, 3.63) is 29.6 Å². The van der Waals surface area contributed by atoms with Gasteiger partial charge in [-0.1, -0.05) is 19.9 Å². The third kappa shape index (κ3) is 4.59. The lowest BCUT2D eigenvalue weighted by atomic mass is 10.1. The SMILES string of the molecule is CC(C)C(C)N(C)Cc1cccc(CNC2CC2)n1. The van der Waals surface area contributed by atoms with Gasteiger partial charge in [-0.05, 0) is 44.9 Å². The molecule has 1 aromatic heterocycles. The van der Waals surface area contributed by atoms with Crippen LogP contribution in [0.5, 0.6) is 0 Å². The summed E-state index contributed by atoms with van der Waals surface area (Å²) in [5, 5.41) is 3.52. The second kappa shape index (κ2) is 6.49. The van der Waals surface area contributed by atoms with Crippen molar-refractivity contribution in [2.75, 3.05) is 7.05 Å². The van der Waals surface area contributed by atoms with Gasteiger partial charge >= 0.3 is 0 Å². The van der Waals surface area contributed by atoms with Crippen molar-refractivity contribution in [2.45, 2.75) is 58.8 Å². The van der Waals surface area contributed by atoms with Crippen molar-refractivity contribution < 1.29 is 0 Å². The van der Waals surface area contributed by atoms with E-state index >= 15 is 0 Å². The Morgan fingerprint density at radius 2 is 1.95 bits per heavy atom. The van der Waals surface area contributed by atoms with Gasteiger partial charge in [-0.3, -0.25) is 9.88 Å². The van der Waals surface area contributed by atoms with E-state index in [1.807, 2.05) is 0 Å². The first kappa shape index (κ1) is 14.5. The minimum atomic E-state index is 0.579. The molecule has 0 aromatic carbocycles. The maximum Gasteiger partial charge on any atom is 0.0547 e. The van der Waals surface area contributed by atoms with E-state index in [-0.39, 0.29) is 0 Å². The zero-order valence-corrected chi connectivity index (χ0v) is 12.7. The lowest BCUT2D eigenvalue weighted by molar-refractivity contribution is 0.198. The Morgan fingerprint density at radius 3 is 2.58 bits per heavy atom. The highest BCUT2D eigenvalue weighted by Crippen LogP contribution is 2.19. The van der Waals surface area contributed by atoms with E-state index < -0.39 is 0 Å². The van der Waals surface area contributed by atoms with Gasteiger partial charge in [0.1, 0.15) is 0 Å². The molecule has 3 heteroatoms. The summed E-state index contributed by atoms with van der Waals surface area (Å²) in [4.78, 5) is 7.13. The van der Waals surface area contributed by atoms with Crippen molar-refractivity contribution >= 4 is 0 Å². The van der Waals surface area contributed by atoms with Gasteiger partial charge in [0.15, 0.2) is 0 Å². The second-order valence-electron chi connectivity index (χ2n) is 6.18. The fraction of sp³-hybridized carbons (Fsp3) is 0.688. The molecule has 1 fully saturated rings. The molecule has 2 rings (SSSR count). The molecular formula is C16H27N3. The minimum absolute atomic E-state index is 0.579. The van der Waals surface area contributed by atoms with Crippen molar-refractivity contribution in [3.8, 4) is 0 Å². The standard InChI is InChI=1S/C16H27N3/c1-12(2)13(3)19(4)11-16-7-5-6-15(18-16)10-17-14-8-9-14/h5-7,12-14,17H,8-11H2,1-4H3. The largest absolute Gasteiger partial charge is 0.308 e. The highest BCUT2D eigenvalue weighted by Gasteiger charge is 2.20. The predicted molar refractivity (Wildman–Crippen MR) is 79.9 cm³/mol. The van der Waals surface area contributed by atoms with Crippen molar-refractivity contribution in [1.82, 2.24) is 15.2 Å². The molecule has 1 aromatic rings. The molecule has 1 heterocycles. The highest BCUT2D eigenvalue weighted by molar-refractivity contribution is 5.11. The molecule has 0 bridgehead atoms. The molecule has 0 saturated heterocycles. The fourth-order valence-electron chi connectivity index (χ4n) is 2.16. The van der Waals surface area contributed by atoms with Crippen molar-refractivity contribution in [3.63, 3.8) is 0 Å². The number of rotatable bonds is 7.